The maximum atomic E-state index is 13.6. The van der Waals surface area contributed by atoms with Crippen molar-refractivity contribution in [2.75, 3.05) is 5.32 Å². The van der Waals surface area contributed by atoms with Gasteiger partial charge >= 0.3 is 0 Å². The molecule has 0 aliphatic carbocycles. The first-order valence-electron chi connectivity index (χ1n) is 7.46. The smallest absolute Gasteiger partial charge is 0.277 e. The zero-order valence-corrected chi connectivity index (χ0v) is 15.2. The fourth-order valence-electron chi connectivity index (χ4n) is 2.00. The van der Waals surface area contributed by atoms with Crippen LogP contribution in [0.3, 0.4) is 0 Å². The van der Waals surface area contributed by atoms with Gasteiger partial charge in [-0.15, -0.1) is 21.5 Å². The molecule has 1 N–H and O–H groups in total. The molecule has 1 amide bonds. The molecule has 0 saturated heterocycles. The minimum absolute atomic E-state index is 0.144. The molecule has 25 heavy (non-hydrogen) atoms. The second-order valence-corrected chi connectivity index (χ2v) is 7.58. The van der Waals surface area contributed by atoms with Crippen molar-refractivity contribution in [2.24, 2.45) is 0 Å². The van der Waals surface area contributed by atoms with E-state index in [9.17, 15) is 9.18 Å². The molecule has 0 fully saturated rings. The van der Waals surface area contributed by atoms with Crippen LogP contribution in [0.25, 0.3) is 0 Å². The second kappa shape index (κ2) is 7.75. The van der Waals surface area contributed by atoms with E-state index in [4.69, 9.17) is 4.42 Å². The third-order valence-corrected chi connectivity index (χ3v) is 4.98. The minimum atomic E-state index is -0.519. The van der Waals surface area contributed by atoms with E-state index in [1.54, 1.807) is 30.4 Å². The fourth-order valence-corrected chi connectivity index (χ4v) is 3.32. The van der Waals surface area contributed by atoms with Crippen LogP contribution in [-0.4, -0.2) is 26.3 Å². The number of hydrogen-bond donors (Lipinski definition) is 1. The predicted molar refractivity (Wildman–Crippen MR) is 94.3 cm³/mol. The first kappa shape index (κ1) is 17.6. The number of para-hydroxylation sites is 1. The molecule has 3 rings (SSSR count). The average Bonchev–Trinajstić information content (AvgIpc) is 3.19. The normalized spacial score (nSPS) is 12.1. The number of benzene rings is 1. The van der Waals surface area contributed by atoms with Gasteiger partial charge in [0.05, 0.1) is 28.1 Å². The zero-order valence-electron chi connectivity index (χ0n) is 13.5. The van der Waals surface area contributed by atoms with Crippen molar-refractivity contribution < 1.29 is 13.6 Å². The zero-order chi connectivity index (χ0) is 17.8. The topological polar surface area (TPSA) is 80.9 Å². The Balaban J connectivity index is 1.58. The first-order valence-corrected chi connectivity index (χ1v) is 9.22. The lowest BCUT2D eigenvalue weighted by atomic mass is 10.3. The lowest BCUT2D eigenvalue weighted by Crippen LogP contribution is -2.22. The number of aromatic nitrogens is 3. The lowest BCUT2D eigenvalue weighted by Gasteiger charge is -2.10. The number of nitrogens with one attached hydrogen (secondary N) is 1. The van der Waals surface area contributed by atoms with E-state index in [1.165, 1.54) is 12.1 Å². The van der Waals surface area contributed by atoms with Gasteiger partial charge in [0, 0.05) is 5.38 Å². The molecule has 9 heteroatoms. The molecule has 0 bridgehead atoms. The average molecular weight is 378 g/mol. The molecular formula is C16H15FN4O2S2. The molecule has 2 heterocycles. The van der Waals surface area contributed by atoms with Gasteiger partial charge in [0.15, 0.2) is 0 Å². The molecule has 3 aromatic rings. The Hall–Kier alpha value is -2.26. The molecule has 1 atom stereocenters. The summed E-state index contributed by atoms with van der Waals surface area (Å²) in [6, 6.07) is 6.01. The van der Waals surface area contributed by atoms with Crippen LogP contribution in [0.5, 0.6) is 0 Å². The predicted octanol–water partition coefficient (Wildman–Crippen LogP) is 3.68. The summed E-state index contributed by atoms with van der Waals surface area (Å²) in [5, 5.41) is 13.1. The number of anilines is 1. The summed E-state index contributed by atoms with van der Waals surface area (Å²) >= 11 is 2.68. The lowest BCUT2D eigenvalue weighted by molar-refractivity contribution is -0.115. The highest BCUT2D eigenvalue weighted by atomic mass is 32.2. The van der Waals surface area contributed by atoms with Crippen LogP contribution in [0.1, 0.15) is 23.5 Å². The summed E-state index contributed by atoms with van der Waals surface area (Å²) in [4.78, 5) is 16.5. The van der Waals surface area contributed by atoms with Crippen molar-refractivity contribution in [3.8, 4) is 0 Å². The Bertz CT molecular complexity index is 880. The second-order valence-electron chi connectivity index (χ2n) is 5.23. The summed E-state index contributed by atoms with van der Waals surface area (Å²) < 4.78 is 19.1. The quantitative estimate of drug-likeness (QED) is 0.659. The maximum absolute atomic E-state index is 13.6. The van der Waals surface area contributed by atoms with E-state index in [2.05, 4.69) is 20.5 Å². The van der Waals surface area contributed by atoms with Crippen LogP contribution in [0, 0.1) is 12.7 Å². The molecule has 0 saturated carbocycles. The van der Waals surface area contributed by atoms with E-state index in [0.717, 1.165) is 22.5 Å². The molecule has 0 aliphatic heterocycles. The highest BCUT2D eigenvalue weighted by Gasteiger charge is 2.19. The third kappa shape index (κ3) is 4.64. The summed E-state index contributed by atoms with van der Waals surface area (Å²) in [6.07, 6.45) is 0.452. The van der Waals surface area contributed by atoms with E-state index in [1.807, 2.05) is 12.3 Å². The van der Waals surface area contributed by atoms with E-state index in [-0.39, 0.29) is 16.8 Å². The standard InChI is InChI=1S/C16H15FN4O2S2/c1-9(15(22)19-13-6-4-3-5-12(13)17)25-16-21-20-14(23-16)7-11-8-24-10(2)18-11/h3-6,8-9H,7H2,1-2H3,(H,19,22)/t9-/m1/s1. The van der Waals surface area contributed by atoms with Crippen molar-refractivity contribution in [3.63, 3.8) is 0 Å². The summed E-state index contributed by atoms with van der Waals surface area (Å²) in [7, 11) is 0. The Kier molecular flexibility index (Phi) is 5.44. The van der Waals surface area contributed by atoms with Crippen molar-refractivity contribution in [3.05, 3.63) is 52.1 Å². The molecule has 1 aromatic carbocycles. The van der Waals surface area contributed by atoms with Gasteiger partial charge in [0.25, 0.3) is 5.22 Å². The highest BCUT2D eigenvalue weighted by Crippen LogP contribution is 2.24. The van der Waals surface area contributed by atoms with E-state index >= 15 is 0 Å². The minimum Gasteiger partial charge on any atom is -0.416 e. The number of hydrogen-bond acceptors (Lipinski definition) is 7. The SMILES string of the molecule is Cc1nc(Cc2nnc(S[C@H](C)C(=O)Nc3ccccc3F)o2)cs1. The van der Waals surface area contributed by atoms with Crippen molar-refractivity contribution >= 4 is 34.7 Å². The fraction of sp³-hybridized carbons (Fsp3) is 0.250. The molecule has 0 unspecified atom stereocenters. The summed E-state index contributed by atoms with van der Waals surface area (Å²) in [5.74, 6) is -0.383. The van der Waals surface area contributed by atoms with Gasteiger partial charge in [0.2, 0.25) is 11.8 Å². The number of thiazole rings is 1. The molecule has 130 valence electrons. The van der Waals surface area contributed by atoms with Gasteiger partial charge in [-0.1, -0.05) is 23.9 Å². The molecule has 0 spiro atoms. The monoisotopic (exact) mass is 378 g/mol. The van der Waals surface area contributed by atoms with Crippen LogP contribution < -0.4 is 5.32 Å². The number of halogens is 1. The maximum Gasteiger partial charge on any atom is 0.277 e. The number of nitrogens with zero attached hydrogens (tertiary/aromatic N) is 3. The van der Waals surface area contributed by atoms with Crippen molar-refractivity contribution in [1.82, 2.24) is 15.2 Å². The number of aryl methyl sites for hydroxylation is 1. The van der Waals surface area contributed by atoms with Gasteiger partial charge in [-0.3, -0.25) is 4.79 Å². The number of carbonyl (C=O) groups is 1. The largest absolute Gasteiger partial charge is 0.416 e. The van der Waals surface area contributed by atoms with Crippen LogP contribution in [0.15, 0.2) is 39.3 Å². The Morgan fingerprint density at radius 2 is 2.20 bits per heavy atom. The molecular weight excluding hydrogens is 363 g/mol. The molecule has 6 nitrogen and oxygen atoms in total. The van der Waals surface area contributed by atoms with E-state index in [0.29, 0.717) is 12.3 Å². The van der Waals surface area contributed by atoms with Crippen LogP contribution in [0.4, 0.5) is 10.1 Å². The van der Waals surface area contributed by atoms with Gasteiger partial charge in [-0.25, -0.2) is 9.37 Å². The number of rotatable bonds is 6. The number of amides is 1. The highest BCUT2D eigenvalue weighted by molar-refractivity contribution is 8.00. The summed E-state index contributed by atoms with van der Waals surface area (Å²) in [5.41, 5.74) is 1.01. The van der Waals surface area contributed by atoms with Crippen molar-refractivity contribution in [1.29, 1.82) is 0 Å². The first-order chi connectivity index (χ1) is 12.0. The Morgan fingerprint density at radius 3 is 2.92 bits per heavy atom. The van der Waals surface area contributed by atoms with E-state index < -0.39 is 11.1 Å². The van der Waals surface area contributed by atoms with Crippen LogP contribution >= 0.6 is 23.1 Å². The van der Waals surface area contributed by atoms with Crippen LogP contribution in [0.2, 0.25) is 0 Å². The Morgan fingerprint density at radius 1 is 1.40 bits per heavy atom. The number of carbonyl (C=O) groups excluding carboxylic acids is 1. The third-order valence-electron chi connectivity index (χ3n) is 3.23. The van der Waals surface area contributed by atoms with Gasteiger partial charge in [-0.2, -0.15) is 0 Å². The summed E-state index contributed by atoms with van der Waals surface area (Å²) in [6.45, 7) is 3.62. The molecule has 0 radical (unpaired) electrons. The van der Waals surface area contributed by atoms with Gasteiger partial charge in [0.1, 0.15) is 5.82 Å². The molecule has 0 aliphatic rings. The molecule has 2 aromatic heterocycles. The number of thioether (sulfide) groups is 1. The van der Waals surface area contributed by atoms with Gasteiger partial charge in [-0.05, 0) is 26.0 Å². The van der Waals surface area contributed by atoms with Crippen molar-refractivity contribution in [2.45, 2.75) is 30.7 Å². The van der Waals surface area contributed by atoms with Crippen LogP contribution in [-0.2, 0) is 11.2 Å². The Labute approximate surface area is 151 Å². The van der Waals surface area contributed by atoms with Gasteiger partial charge < -0.3 is 9.73 Å².